The van der Waals surface area contributed by atoms with E-state index >= 15 is 0 Å². The van der Waals surface area contributed by atoms with Crippen LogP contribution in [0.5, 0.6) is 0 Å². The minimum atomic E-state index is 0.947. The van der Waals surface area contributed by atoms with Crippen molar-refractivity contribution in [3.05, 3.63) is 24.3 Å². The predicted octanol–water partition coefficient (Wildman–Crippen LogP) is 0.854. The monoisotopic (exact) mass is 110 g/mol. The summed E-state index contributed by atoms with van der Waals surface area (Å²) in [7, 11) is 1.96. The maximum absolute atomic E-state index is 3.75. The molecule has 8 heavy (non-hydrogen) atoms. The second-order valence-electron chi connectivity index (χ2n) is 1.99. The van der Waals surface area contributed by atoms with Gasteiger partial charge in [0.25, 0.3) is 0 Å². The first-order valence-corrected chi connectivity index (χ1v) is 2.57. The standard InChI is InChI=1S/C6H10N2/c1-5-4-8(3)6(2)7-5/h4,7H,2H2,1,3H3. The van der Waals surface area contributed by atoms with Crippen molar-refractivity contribution in [2.45, 2.75) is 6.92 Å². The molecule has 0 saturated carbocycles. The molecule has 1 aliphatic heterocycles. The molecule has 0 aromatic carbocycles. The number of nitrogens with zero attached hydrogens (tertiary/aromatic N) is 1. The van der Waals surface area contributed by atoms with Crippen molar-refractivity contribution in [2.75, 3.05) is 7.05 Å². The van der Waals surface area contributed by atoms with Gasteiger partial charge in [-0.3, -0.25) is 0 Å². The van der Waals surface area contributed by atoms with Gasteiger partial charge in [0, 0.05) is 18.9 Å². The zero-order valence-corrected chi connectivity index (χ0v) is 5.23. The molecule has 0 spiro atoms. The fraction of sp³-hybridized carbons (Fsp3) is 0.333. The largest absolute Gasteiger partial charge is 0.345 e. The van der Waals surface area contributed by atoms with Crippen LogP contribution < -0.4 is 5.32 Å². The zero-order chi connectivity index (χ0) is 6.15. The predicted molar refractivity (Wildman–Crippen MR) is 33.8 cm³/mol. The van der Waals surface area contributed by atoms with E-state index in [1.807, 2.05) is 25.1 Å². The number of rotatable bonds is 0. The van der Waals surface area contributed by atoms with Crippen LogP contribution in [0.25, 0.3) is 0 Å². The van der Waals surface area contributed by atoms with Gasteiger partial charge in [0.05, 0.1) is 0 Å². The molecule has 0 radical (unpaired) electrons. The second kappa shape index (κ2) is 1.54. The molecule has 0 fully saturated rings. The van der Waals surface area contributed by atoms with Crippen molar-refractivity contribution >= 4 is 0 Å². The van der Waals surface area contributed by atoms with Crippen LogP contribution in [-0.4, -0.2) is 11.9 Å². The molecule has 0 aromatic rings. The first-order valence-electron chi connectivity index (χ1n) is 2.57. The number of allylic oxidation sites excluding steroid dienone is 1. The molecule has 0 saturated heterocycles. The van der Waals surface area contributed by atoms with Crippen molar-refractivity contribution in [1.29, 1.82) is 0 Å². The van der Waals surface area contributed by atoms with Crippen molar-refractivity contribution in [3.8, 4) is 0 Å². The minimum Gasteiger partial charge on any atom is -0.345 e. The van der Waals surface area contributed by atoms with Gasteiger partial charge in [-0.1, -0.05) is 6.58 Å². The summed E-state index contributed by atoms with van der Waals surface area (Å²) in [5, 5.41) is 3.06. The lowest BCUT2D eigenvalue weighted by atomic mass is 10.6. The summed E-state index contributed by atoms with van der Waals surface area (Å²) in [5.74, 6) is 0.947. The highest BCUT2D eigenvalue weighted by atomic mass is 15.3. The normalized spacial score (nSPS) is 18.5. The van der Waals surface area contributed by atoms with Gasteiger partial charge in [-0.2, -0.15) is 0 Å². The van der Waals surface area contributed by atoms with E-state index in [2.05, 4.69) is 11.9 Å². The average Bonchev–Trinajstić information content (AvgIpc) is 1.85. The summed E-state index contributed by atoms with van der Waals surface area (Å²) < 4.78 is 0. The highest BCUT2D eigenvalue weighted by Crippen LogP contribution is 2.07. The topological polar surface area (TPSA) is 15.3 Å². The van der Waals surface area contributed by atoms with Crippen LogP contribution in [0.4, 0.5) is 0 Å². The fourth-order valence-corrected chi connectivity index (χ4v) is 0.716. The van der Waals surface area contributed by atoms with Crippen molar-refractivity contribution in [1.82, 2.24) is 10.2 Å². The Morgan fingerprint density at radius 2 is 2.38 bits per heavy atom. The summed E-state index contributed by atoms with van der Waals surface area (Å²) in [6.07, 6.45) is 2.00. The number of hydrogen-bond donors (Lipinski definition) is 1. The van der Waals surface area contributed by atoms with Gasteiger partial charge in [0.2, 0.25) is 0 Å². The summed E-state index contributed by atoms with van der Waals surface area (Å²) in [6, 6.07) is 0. The molecular formula is C6H10N2. The van der Waals surface area contributed by atoms with Crippen LogP contribution in [0, 0.1) is 0 Å². The molecular weight excluding hydrogens is 100 g/mol. The van der Waals surface area contributed by atoms with E-state index in [0.717, 1.165) is 11.5 Å². The molecule has 0 amide bonds. The molecule has 2 heteroatoms. The van der Waals surface area contributed by atoms with Gasteiger partial charge < -0.3 is 10.2 Å². The van der Waals surface area contributed by atoms with Crippen molar-refractivity contribution in [2.24, 2.45) is 0 Å². The number of hydrogen-bond acceptors (Lipinski definition) is 2. The summed E-state index contributed by atoms with van der Waals surface area (Å²) in [4.78, 5) is 1.95. The summed E-state index contributed by atoms with van der Waals surface area (Å²) >= 11 is 0. The lowest BCUT2D eigenvalue weighted by molar-refractivity contribution is 0.573. The summed E-state index contributed by atoms with van der Waals surface area (Å²) in [6.45, 7) is 5.76. The van der Waals surface area contributed by atoms with Gasteiger partial charge in [-0.25, -0.2) is 0 Å². The molecule has 1 rings (SSSR count). The molecule has 1 heterocycles. The van der Waals surface area contributed by atoms with Gasteiger partial charge in [0.15, 0.2) is 0 Å². The SMILES string of the molecule is C=C1NC(C)=CN1C. The van der Waals surface area contributed by atoms with Crippen molar-refractivity contribution in [3.63, 3.8) is 0 Å². The Morgan fingerprint density at radius 1 is 1.75 bits per heavy atom. The molecule has 1 aliphatic rings. The number of nitrogens with one attached hydrogen (secondary N) is 1. The molecule has 1 N–H and O–H groups in total. The smallest absolute Gasteiger partial charge is 0.102 e. The molecule has 0 aromatic heterocycles. The second-order valence-corrected chi connectivity index (χ2v) is 1.99. The van der Waals surface area contributed by atoms with E-state index in [1.54, 1.807) is 0 Å². The Morgan fingerprint density at radius 3 is 2.50 bits per heavy atom. The quantitative estimate of drug-likeness (QED) is 0.497. The first kappa shape index (κ1) is 5.22. The van der Waals surface area contributed by atoms with E-state index in [-0.39, 0.29) is 0 Å². The Kier molecular flexibility index (Phi) is 1.01. The third kappa shape index (κ3) is 0.689. The summed E-state index contributed by atoms with van der Waals surface area (Å²) in [5.41, 5.74) is 1.15. The molecule has 0 aliphatic carbocycles. The van der Waals surface area contributed by atoms with E-state index in [0.29, 0.717) is 0 Å². The van der Waals surface area contributed by atoms with Crippen molar-refractivity contribution < 1.29 is 0 Å². The van der Waals surface area contributed by atoms with Gasteiger partial charge in [-0.15, -0.1) is 0 Å². The van der Waals surface area contributed by atoms with Crippen LogP contribution in [0.3, 0.4) is 0 Å². The Labute approximate surface area is 49.5 Å². The van der Waals surface area contributed by atoms with Crippen LogP contribution in [0.2, 0.25) is 0 Å². The maximum atomic E-state index is 3.75. The molecule has 0 unspecified atom stereocenters. The maximum Gasteiger partial charge on any atom is 0.102 e. The third-order valence-electron chi connectivity index (χ3n) is 1.15. The van der Waals surface area contributed by atoms with E-state index in [1.165, 1.54) is 0 Å². The van der Waals surface area contributed by atoms with Gasteiger partial charge in [0.1, 0.15) is 5.82 Å². The van der Waals surface area contributed by atoms with E-state index in [9.17, 15) is 0 Å². The highest BCUT2D eigenvalue weighted by Gasteiger charge is 2.05. The lowest BCUT2D eigenvalue weighted by Crippen LogP contribution is -2.12. The first-order chi connectivity index (χ1) is 3.70. The van der Waals surface area contributed by atoms with Crippen LogP contribution in [0.1, 0.15) is 6.92 Å². The van der Waals surface area contributed by atoms with E-state index in [4.69, 9.17) is 0 Å². The third-order valence-corrected chi connectivity index (χ3v) is 1.15. The highest BCUT2D eigenvalue weighted by molar-refractivity contribution is 5.14. The molecule has 2 nitrogen and oxygen atoms in total. The van der Waals surface area contributed by atoms with Crippen LogP contribution in [0.15, 0.2) is 24.3 Å². The molecule has 44 valence electrons. The van der Waals surface area contributed by atoms with Crippen LogP contribution >= 0.6 is 0 Å². The molecule has 0 bridgehead atoms. The Bertz CT molecular complexity index is 147. The molecule has 0 atom stereocenters. The fourth-order valence-electron chi connectivity index (χ4n) is 0.716. The zero-order valence-electron chi connectivity index (χ0n) is 5.23. The Hall–Kier alpha value is -0.920. The van der Waals surface area contributed by atoms with Crippen LogP contribution in [-0.2, 0) is 0 Å². The lowest BCUT2D eigenvalue weighted by Gasteiger charge is -2.06. The average molecular weight is 110 g/mol. The Balaban J connectivity index is 2.69. The minimum absolute atomic E-state index is 0.947. The van der Waals surface area contributed by atoms with E-state index < -0.39 is 0 Å². The van der Waals surface area contributed by atoms with Gasteiger partial charge >= 0.3 is 0 Å². The van der Waals surface area contributed by atoms with Gasteiger partial charge in [-0.05, 0) is 6.92 Å².